The van der Waals surface area contributed by atoms with E-state index < -0.39 is 23.9 Å². The lowest BCUT2D eigenvalue weighted by Crippen LogP contribution is -2.21. The lowest BCUT2D eigenvalue weighted by atomic mass is 10.1. The molecule has 194 valence electrons. The van der Waals surface area contributed by atoms with Crippen molar-refractivity contribution in [3.05, 3.63) is 103 Å². The first-order valence-corrected chi connectivity index (χ1v) is 11.0. The number of carbonyl (C=O) groups is 2. The molecule has 0 atom stereocenters. The van der Waals surface area contributed by atoms with Gasteiger partial charge in [-0.05, 0) is 60.5 Å². The summed E-state index contributed by atoms with van der Waals surface area (Å²) in [5, 5.41) is 14.1. The molecule has 2 N–H and O–H groups in total. The summed E-state index contributed by atoms with van der Waals surface area (Å²) >= 11 is 0. The number of aryl methyl sites for hydroxylation is 1. The molecular formula is C26H19F4N5O3. The fourth-order valence-electron chi connectivity index (χ4n) is 3.53. The largest absolute Gasteiger partial charge is 0.490 e. The molecule has 0 unspecified atom stereocenters. The third-order valence-corrected chi connectivity index (χ3v) is 5.33. The van der Waals surface area contributed by atoms with Gasteiger partial charge < -0.3 is 14.8 Å². The Kier molecular flexibility index (Phi) is 7.24. The topological polar surface area (TPSA) is 102 Å². The van der Waals surface area contributed by atoms with E-state index >= 15 is 0 Å². The molecular weight excluding hydrogens is 506 g/mol. The number of nitrogens with zero attached hydrogens (tertiary/aromatic N) is 4. The lowest BCUT2D eigenvalue weighted by Gasteiger charge is -2.11. The Morgan fingerprint density at radius 1 is 0.974 bits per heavy atom. The number of halogens is 4. The monoisotopic (exact) mass is 525 g/mol. The first-order chi connectivity index (χ1) is 18.0. The zero-order valence-corrected chi connectivity index (χ0v) is 19.6. The number of hydrogen-bond acceptors (Lipinski definition) is 4. The van der Waals surface area contributed by atoms with Gasteiger partial charge in [-0.1, -0.05) is 18.2 Å². The predicted octanol–water partition coefficient (Wildman–Crippen LogP) is 5.52. The molecule has 38 heavy (non-hydrogen) atoms. The Morgan fingerprint density at radius 2 is 1.71 bits per heavy atom. The number of alkyl halides is 3. The molecule has 12 heteroatoms. The van der Waals surface area contributed by atoms with Gasteiger partial charge in [0.1, 0.15) is 17.3 Å². The van der Waals surface area contributed by atoms with Crippen LogP contribution >= 0.6 is 0 Å². The number of aliphatic carboxylic acids is 1. The minimum Gasteiger partial charge on any atom is -0.475 e. The Balaban J connectivity index is 0.000000426. The van der Waals surface area contributed by atoms with E-state index in [0.29, 0.717) is 11.5 Å². The van der Waals surface area contributed by atoms with Crippen LogP contribution in [0.3, 0.4) is 0 Å². The van der Waals surface area contributed by atoms with Crippen LogP contribution in [0, 0.1) is 12.7 Å². The number of nitrogens with one attached hydrogen (secondary N) is 1. The van der Waals surface area contributed by atoms with Crippen molar-refractivity contribution in [2.24, 2.45) is 0 Å². The maximum Gasteiger partial charge on any atom is 0.490 e. The van der Waals surface area contributed by atoms with Gasteiger partial charge in [-0.25, -0.2) is 13.9 Å². The van der Waals surface area contributed by atoms with Crippen molar-refractivity contribution in [3.8, 4) is 16.9 Å². The second-order valence-corrected chi connectivity index (χ2v) is 8.01. The van der Waals surface area contributed by atoms with Crippen molar-refractivity contribution in [1.82, 2.24) is 19.2 Å². The van der Waals surface area contributed by atoms with Crippen LogP contribution in [0.15, 0.2) is 85.5 Å². The summed E-state index contributed by atoms with van der Waals surface area (Å²) in [7, 11) is 0. The Hall–Kier alpha value is -5.00. The van der Waals surface area contributed by atoms with Crippen LogP contribution in [0.25, 0.3) is 22.5 Å². The SMILES string of the molecule is Cc1ccc(NC(=O)c2ccnn2-c2ccc3ccc(-c4cccnc4)cn23)c(F)c1.O=C(O)C(F)(F)F. The van der Waals surface area contributed by atoms with Crippen LogP contribution in [-0.4, -0.2) is 42.3 Å². The summed E-state index contributed by atoms with van der Waals surface area (Å²) < 4.78 is 49.4. The Bertz CT molecular complexity index is 1610. The van der Waals surface area contributed by atoms with E-state index in [1.54, 1.807) is 48.4 Å². The number of pyridine rings is 2. The summed E-state index contributed by atoms with van der Waals surface area (Å²) in [4.78, 5) is 26.0. The van der Waals surface area contributed by atoms with Gasteiger partial charge in [-0.2, -0.15) is 18.3 Å². The normalized spacial score (nSPS) is 11.1. The number of anilines is 1. The number of amides is 1. The molecule has 5 aromatic rings. The number of carbonyl (C=O) groups excluding carboxylic acids is 1. The number of rotatable bonds is 4. The fraction of sp³-hybridized carbons (Fsp3) is 0.0769. The molecule has 0 spiro atoms. The molecule has 0 aliphatic heterocycles. The van der Waals surface area contributed by atoms with Gasteiger partial charge in [0.25, 0.3) is 5.91 Å². The third kappa shape index (κ3) is 5.69. The summed E-state index contributed by atoms with van der Waals surface area (Å²) in [6.45, 7) is 1.79. The standard InChI is InChI=1S/C24H18FN5O.C2HF3O2/c1-16-4-8-21(20(25)13-16)28-24(31)22-10-12-27-30(22)23-9-7-19-6-5-18(15-29(19)23)17-3-2-11-26-14-17;3-2(4,5)1(6)7/h2-15H,1H3,(H,28,31);(H,6,7). The van der Waals surface area contributed by atoms with Crippen molar-refractivity contribution in [2.75, 3.05) is 5.32 Å². The Labute approximate surface area is 212 Å². The summed E-state index contributed by atoms with van der Waals surface area (Å²) in [6, 6.07) is 18.0. The summed E-state index contributed by atoms with van der Waals surface area (Å²) in [5.41, 5.74) is 4.13. The molecule has 0 bridgehead atoms. The minimum absolute atomic E-state index is 0.127. The van der Waals surface area contributed by atoms with Gasteiger partial charge >= 0.3 is 12.1 Å². The molecule has 0 fully saturated rings. The molecule has 1 aromatic carbocycles. The van der Waals surface area contributed by atoms with Gasteiger partial charge in [0.05, 0.1) is 11.9 Å². The molecule has 0 aliphatic rings. The van der Waals surface area contributed by atoms with Crippen molar-refractivity contribution in [2.45, 2.75) is 13.1 Å². The Morgan fingerprint density at radius 3 is 2.37 bits per heavy atom. The number of hydrogen-bond donors (Lipinski definition) is 2. The second kappa shape index (κ2) is 10.5. The maximum absolute atomic E-state index is 14.2. The average molecular weight is 525 g/mol. The van der Waals surface area contributed by atoms with Gasteiger partial charge in [0.15, 0.2) is 0 Å². The van der Waals surface area contributed by atoms with E-state index in [1.807, 2.05) is 47.0 Å². The van der Waals surface area contributed by atoms with Crippen LogP contribution in [0.1, 0.15) is 16.1 Å². The summed E-state index contributed by atoms with van der Waals surface area (Å²) in [6.07, 6.45) is 1.97. The lowest BCUT2D eigenvalue weighted by molar-refractivity contribution is -0.192. The fourth-order valence-corrected chi connectivity index (χ4v) is 3.53. The van der Waals surface area contributed by atoms with Crippen LogP contribution in [0.2, 0.25) is 0 Å². The van der Waals surface area contributed by atoms with Crippen molar-refractivity contribution < 1.29 is 32.3 Å². The van der Waals surface area contributed by atoms with E-state index in [1.165, 1.54) is 6.07 Å². The van der Waals surface area contributed by atoms with Crippen molar-refractivity contribution >= 4 is 23.1 Å². The second-order valence-electron chi connectivity index (χ2n) is 8.01. The maximum atomic E-state index is 14.2. The number of carboxylic acid groups (broad SMARTS) is 1. The van der Waals surface area contributed by atoms with Crippen LogP contribution < -0.4 is 5.32 Å². The first kappa shape index (κ1) is 26.1. The van der Waals surface area contributed by atoms with Gasteiger partial charge in [-0.3, -0.25) is 9.78 Å². The molecule has 0 saturated carbocycles. The first-order valence-electron chi connectivity index (χ1n) is 11.0. The predicted molar refractivity (Wildman–Crippen MR) is 131 cm³/mol. The average Bonchev–Trinajstić information content (AvgIpc) is 3.52. The smallest absolute Gasteiger partial charge is 0.475 e. The van der Waals surface area contributed by atoms with Crippen molar-refractivity contribution in [3.63, 3.8) is 0 Å². The van der Waals surface area contributed by atoms with Gasteiger partial charge in [0, 0.05) is 29.7 Å². The number of aromatic nitrogens is 4. The third-order valence-electron chi connectivity index (χ3n) is 5.33. The summed E-state index contributed by atoms with van der Waals surface area (Å²) in [5.74, 6) is -2.99. The van der Waals surface area contributed by atoms with Crippen LogP contribution in [-0.2, 0) is 4.79 Å². The molecule has 0 saturated heterocycles. The highest BCUT2D eigenvalue weighted by atomic mass is 19.4. The van der Waals surface area contributed by atoms with Gasteiger partial charge in [-0.15, -0.1) is 0 Å². The van der Waals surface area contributed by atoms with E-state index in [-0.39, 0.29) is 5.69 Å². The highest BCUT2D eigenvalue weighted by molar-refractivity contribution is 6.03. The molecule has 0 aliphatic carbocycles. The molecule has 0 radical (unpaired) electrons. The molecule has 5 rings (SSSR count). The van der Waals surface area contributed by atoms with Crippen LogP contribution in [0.4, 0.5) is 23.2 Å². The molecule has 8 nitrogen and oxygen atoms in total. The van der Waals surface area contributed by atoms with Crippen molar-refractivity contribution in [1.29, 1.82) is 0 Å². The zero-order valence-electron chi connectivity index (χ0n) is 19.6. The zero-order chi connectivity index (χ0) is 27.4. The quantitative estimate of drug-likeness (QED) is 0.301. The highest BCUT2D eigenvalue weighted by Gasteiger charge is 2.38. The minimum atomic E-state index is -5.08. The van der Waals surface area contributed by atoms with E-state index in [4.69, 9.17) is 9.90 Å². The van der Waals surface area contributed by atoms with Gasteiger partial charge in [0.2, 0.25) is 0 Å². The molecule has 4 heterocycles. The van der Waals surface area contributed by atoms with E-state index in [0.717, 1.165) is 22.2 Å². The molecule has 1 amide bonds. The van der Waals surface area contributed by atoms with E-state index in [9.17, 15) is 22.4 Å². The highest BCUT2D eigenvalue weighted by Crippen LogP contribution is 2.23. The number of carboxylic acids is 1. The number of benzene rings is 1. The van der Waals surface area contributed by atoms with Crippen LogP contribution in [0.5, 0.6) is 0 Å². The number of fused-ring (bicyclic) bond motifs is 1. The van der Waals surface area contributed by atoms with E-state index in [2.05, 4.69) is 15.4 Å². The molecule has 4 aromatic heterocycles.